The summed E-state index contributed by atoms with van der Waals surface area (Å²) in [5, 5.41) is 11.4. The van der Waals surface area contributed by atoms with E-state index in [4.69, 9.17) is 4.74 Å². The number of allylic oxidation sites excluding steroid dienone is 7. The minimum Gasteiger partial charge on any atom is -0.490 e. The highest BCUT2D eigenvalue weighted by Crippen LogP contribution is 2.55. The fraction of sp³-hybridized carbons (Fsp3) is 0.645. The van der Waals surface area contributed by atoms with Crippen molar-refractivity contribution in [3.8, 4) is 0 Å². The molecule has 0 bridgehead atoms. The number of Topliss-reactive ketones (excluding diaryl/α,β-unsaturated/α-hetero) is 3. The first-order valence-corrected chi connectivity index (χ1v) is 13.2. The van der Waals surface area contributed by atoms with Crippen molar-refractivity contribution in [2.45, 2.75) is 113 Å². The second-order valence-corrected chi connectivity index (χ2v) is 12.2. The first kappa shape index (κ1) is 30.0. The zero-order valence-corrected chi connectivity index (χ0v) is 24.0. The molecule has 0 saturated heterocycles. The van der Waals surface area contributed by atoms with Crippen LogP contribution >= 0.6 is 0 Å². The van der Waals surface area contributed by atoms with E-state index in [1.807, 2.05) is 53.7 Å². The van der Waals surface area contributed by atoms with Crippen LogP contribution in [0.3, 0.4) is 0 Å². The SMILES string of the molecule is CC(C)=CCC[C@](C)(O)[C@@H]1CC2=C(O1)[C@](C)(CC=C(C)C)C(=O)[C@](CC=C(C)C)(C(=O)C(C)C)C2=O. The highest BCUT2D eigenvalue weighted by molar-refractivity contribution is 6.32. The molecule has 1 N–H and O–H groups in total. The fourth-order valence-corrected chi connectivity index (χ4v) is 5.24. The number of aliphatic hydroxyl groups is 1. The number of hydrogen-bond acceptors (Lipinski definition) is 5. The Hall–Kier alpha value is -2.27. The largest absolute Gasteiger partial charge is 0.490 e. The third-order valence-electron chi connectivity index (χ3n) is 7.55. The minimum atomic E-state index is -1.78. The molecule has 0 aromatic rings. The van der Waals surface area contributed by atoms with Crippen LogP contribution in [0.15, 0.2) is 46.3 Å². The van der Waals surface area contributed by atoms with E-state index < -0.39 is 40.0 Å². The summed E-state index contributed by atoms with van der Waals surface area (Å²) in [6, 6.07) is 0. The first-order valence-electron chi connectivity index (χ1n) is 13.2. The van der Waals surface area contributed by atoms with Crippen LogP contribution in [0.2, 0.25) is 0 Å². The van der Waals surface area contributed by atoms with Gasteiger partial charge in [0, 0.05) is 17.9 Å². The van der Waals surface area contributed by atoms with Gasteiger partial charge < -0.3 is 9.84 Å². The molecule has 0 unspecified atom stereocenters. The summed E-state index contributed by atoms with van der Waals surface area (Å²) in [5.41, 5.74) is -0.609. The van der Waals surface area contributed by atoms with E-state index >= 15 is 0 Å². The Labute approximate surface area is 217 Å². The molecule has 2 aliphatic rings. The molecule has 0 radical (unpaired) electrons. The van der Waals surface area contributed by atoms with Crippen molar-refractivity contribution in [3.63, 3.8) is 0 Å². The number of carbonyl (C=O) groups excluding carboxylic acids is 3. The highest BCUT2D eigenvalue weighted by Gasteiger charge is 2.65. The predicted octanol–water partition coefficient (Wildman–Crippen LogP) is 6.61. The zero-order chi connectivity index (χ0) is 27.6. The summed E-state index contributed by atoms with van der Waals surface area (Å²) in [6.45, 7) is 18.7. The van der Waals surface area contributed by atoms with Crippen molar-refractivity contribution in [3.05, 3.63) is 46.3 Å². The average molecular weight is 499 g/mol. The van der Waals surface area contributed by atoms with Gasteiger partial charge >= 0.3 is 0 Å². The van der Waals surface area contributed by atoms with Crippen molar-refractivity contribution < 1.29 is 24.2 Å². The third kappa shape index (κ3) is 5.66. The standard InChI is InChI=1S/C31H46O5/c1-19(2)12-11-15-30(10,35)24-18-23-26(33)31(17-14-21(5)6,25(32)22(7)8)28(34)29(9,27(23)36-24)16-13-20(3)4/h12-14,22,24,35H,11,15-18H2,1-10H3/t24-,29-,30-,31+/m0/s1. The molecule has 0 amide bonds. The van der Waals surface area contributed by atoms with Gasteiger partial charge in [-0.1, -0.05) is 48.8 Å². The highest BCUT2D eigenvalue weighted by atomic mass is 16.5. The normalized spacial score (nSPS) is 27.3. The Morgan fingerprint density at radius 1 is 1.03 bits per heavy atom. The van der Waals surface area contributed by atoms with Gasteiger partial charge in [-0.15, -0.1) is 0 Å². The maximum Gasteiger partial charge on any atom is 0.183 e. The molecule has 4 atom stereocenters. The van der Waals surface area contributed by atoms with Crippen molar-refractivity contribution >= 4 is 17.3 Å². The van der Waals surface area contributed by atoms with Gasteiger partial charge in [-0.25, -0.2) is 0 Å². The second kappa shape index (κ2) is 11.0. The molecule has 1 aliphatic carbocycles. The number of hydrogen-bond donors (Lipinski definition) is 1. The fourth-order valence-electron chi connectivity index (χ4n) is 5.24. The molecule has 200 valence electrons. The van der Waals surface area contributed by atoms with E-state index in [1.54, 1.807) is 27.7 Å². The van der Waals surface area contributed by atoms with Crippen LogP contribution in [0, 0.1) is 16.7 Å². The van der Waals surface area contributed by atoms with E-state index in [0.717, 1.165) is 11.1 Å². The average Bonchev–Trinajstić information content (AvgIpc) is 3.23. The molecule has 0 spiro atoms. The van der Waals surface area contributed by atoms with E-state index in [1.165, 1.54) is 5.57 Å². The molecule has 36 heavy (non-hydrogen) atoms. The van der Waals surface area contributed by atoms with Crippen molar-refractivity contribution in [2.75, 3.05) is 0 Å². The van der Waals surface area contributed by atoms with Gasteiger partial charge in [-0.3, -0.25) is 14.4 Å². The monoisotopic (exact) mass is 498 g/mol. The van der Waals surface area contributed by atoms with Gasteiger partial charge in [0.1, 0.15) is 11.9 Å². The van der Waals surface area contributed by atoms with Gasteiger partial charge in [0.15, 0.2) is 22.8 Å². The lowest BCUT2D eigenvalue weighted by Crippen LogP contribution is -2.57. The van der Waals surface area contributed by atoms with Crippen LogP contribution in [-0.4, -0.2) is 34.2 Å². The number of rotatable bonds is 10. The Kier molecular flexibility index (Phi) is 9.15. The number of carbonyl (C=O) groups is 3. The van der Waals surface area contributed by atoms with E-state index in [-0.39, 0.29) is 18.6 Å². The molecule has 0 aromatic carbocycles. The Bertz CT molecular complexity index is 1020. The van der Waals surface area contributed by atoms with Crippen molar-refractivity contribution in [2.24, 2.45) is 16.7 Å². The van der Waals surface area contributed by atoms with E-state index in [2.05, 4.69) is 6.08 Å². The molecular weight excluding hydrogens is 452 g/mol. The lowest BCUT2D eigenvalue weighted by Gasteiger charge is -2.43. The molecule has 2 rings (SSSR count). The van der Waals surface area contributed by atoms with Gasteiger partial charge in [0.05, 0.1) is 11.0 Å². The molecule has 0 fully saturated rings. The van der Waals surface area contributed by atoms with Gasteiger partial charge in [-0.05, 0) is 81.1 Å². The summed E-state index contributed by atoms with van der Waals surface area (Å²) in [5.74, 6) is -1.33. The molecule has 0 aromatic heterocycles. The van der Waals surface area contributed by atoms with Crippen LogP contribution in [0.25, 0.3) is 0 Å². The summed E-state index contributed by atoms with van der Waals surface area (Å²) in [7, 11) is 0. The van der Waals surface area contributed by atoms with E-state index in [9.17, 15) is 19.5 Å². The van der Waals surface area contributed by atoms with E-state index in [0.29, 0.717) is 30.6 Å². The Balaban J connectivity index is 2.68. The summed E-state index contributed by atoms with van der Waals surface area (Å²) in [4.78, 5) is 42.3. The number of ether oxygens (including phenoxy) is 1. The Morgan fingerprint density at radius 3 is 2.06 bits per heavy atom. The topological polar surface area (TPSA) is 80.7 Å². The zero-order valence-electron chi connectivity index (χ0n) is 24.0. The van der Waals surface area contributed by atoms with Crippen LogP contribution in [-0.2, 0) is 19.1 Å². The lowest BCUT2D eigenvalue weighted by molar-refractivity contribution is -0.156. The lowest BCUT2D eigenvalue weighted by atomic mass is 9.55. The first-order chi connectivity index (χ1) is 16.5. The maximum atomic E-state index is 14.4. The quantitative estimate of drug-likeness (QED) is 0.271. The van der Waals surface area contributed by atoms with Gasteiger partial charge in [0.2, 0.25) is 0 Å². The molecular formula is C31H46O5. The smallest absolute Gasteiger partial charge is 0.183 e. The van der Waals surface area contributed by atoms with Gasteiger partial charge in [-0.2, -0.15) is 0 Å². The summed E-state index contributed by atoms with van der Waals surface area (Å²) < 4.78 is 6.35. The third-order valence-corrected chi connectivity index (χ3v) is 7.55. The molecule has 5 heteroatoms. The second-order valence-electron chi connectivity index (χ2n) is 12.2. The molecule has 1 aliphatic heterocycles. The number of ketones is 3. The summed E-state index contributed by atoms with van der Waals surface area (Å²) >= 11 is 0. The van der Waals surface area contributed by atoms with Crippen molar-refractivity contribution in [1.29, 1.82) is 0 Å². The Morgan fingerprint density at radius 2 is 1.56 bits per heavy atom. The molecule has 0 saturated carbocycles. The molecule has 1 heterocycles. The van der Waals surface area contributed by atoms with Crippen molar-refractivity contribution in [1.82, 2.24) is 0 Å². The summed E-state index contributed by atoms with van der Waals surface area (Å²) in [6.07, 6.45) is 6.90. The van der Waals surface area contributed by atoms with Crippen LogP contribution in [0.1, 0.15) is 101 Å². The maximum absolute atomic E-state index is 14.4. The predicted molar refractivity (Wildman–Crippen MR) is 144 cm³/mol. The van der Waals surface area contributed by atoms with Crippen LogP contribution in [0.4, 0.5) is 0 Å². The minimum absolute atomic E-state index is 0.0484. The van der Waals surface area contributed by atoms with Crippen LogP contribution < -0.4 is 0 Å². The van der Waals surface area contributed by atoms with Gasteiger partial charge in [0.25, 0.3) is 0 Å². The van der Waals surface area contributed by atoms with Crippen LogP contribution in [0.5, 0.6) is 0 Å². The molecule has 5 nitrogen and oxygen atoms in total.